The van der Waals surface area contributed by atoms with Crippen LogP contribution in [0.2, 0.25) is 0 Å². The second-order valence-corrected chi connectivity index (χ2v) is 4.44. The van der Waals surface area contributed by atoms with E-state index in [0.717, 1.165) is 23.5 Å². The maximum atomic E-state index is 10.8. The largest absolute Gasteiger partial charge is 0.298 e. The van der Waals surface area contributed by atoms with Crippen LogP contribution in [0, 0.1) is 10.1 Å². The first-order chi connectivity index (χ1) is 7.69. The number of unbranched alkanes of at least 4 members (excludes halogenated alkanes) is 1. The standard InChI is InChI=1S/C11H13NO3S/c1-2-3-6-16-11-5-4-10(12(14)15)7-9(11)8-13/h4-5,7-8H,2-3,6H2,1H3. The summed E-state index contributed by atoms with van der Waals surface area (Å²) >= 11 is 1.56. The Labute approximate surface area is 98.2 Å². The number of benzene rings is 1. The van der Waals surface area contributed by atoms with E-state index in [-0.39, 0.29) is 5.69 Å². The van der Waals surface area contributed by atoms with Crippen molar-refractivity contribution in [2.75, 3.05) is 5.75 Å². The molecule has 0 atom stereocenters. The van der Waals surface area contributed by atoms with Crippen molar-refractivity contribution in [1.29, 1.82) is 0 Å². The molecular formula is C11H13NO3S. The van der Waals surface area contributed by atoms with E-state index in [1.165, 1.54) is 12.1 Å². The summed E-state index contributed by atoms with van der Waals surface area (Å²) in [4.78, 5) is 21.6. The number of nitro groups is 1. The third-order valence-corrected chi connectivity index (χ3v) is 3.26. The zero-order chi connectivity index (χ0) is 12.0. The molecule has 0 unspecified atom stereocenters. The predicted octanol–water partition coefficient (Wildman–Crippen LogP) is 3.30. The fourth-order valence-electron chi connectivity index (χ4n) is 1.20. The van der Waals surface area contributed by atoms with Gasteiger partial charge in [0, 0.05) is 22.6 Å². The minimum absolute atomic E-state index is 0.0399. The summed E-state index contributed by atoms with van der Waals surface area (Å²) in [6.45, 7) is 2.09. The van der Waals surface area contributed by atoms with Crippen LogP contribution in [0.1, 0.15) is 30.1 Å². The van der Waals surface area contributed by atoms with Crippen LogP contribution in [0.4, 0.5) is 5.69 Å². The first kappa shape index (κ1) is 12.7. The molecule has 0 saturated heterocycles. The summed E-state index contributed by atoms with van der Waals surface area (Å²) in [6.07, 6.45) is 2.83. The normalized spacial score (nSPS) is 10.1. The molecule has 0 N–H and O–H groups in total. The highest BCUT2D eigenvalue weighted by Gasteiger charge is 2.10. The number of thioether (sulfide) groups is 1. The van der Waals surface area contributed by atoms with E-state index < -0.39 is 4.92 Å². The Morgan fingerprint density at radius 3 is 2.81 bits per heavy atom. The first-order valence-electron chi connectivity index (χ1n) is 5.05. The Balaban J connectivity index is 2.84. The molecule has 0 aliphatic rings. The third-order valence-electron chi connectivity index (χ3n) is 2.09. The van der Waals surface area contributed by atoms with Crippen molar-refractivity contribution in [2.24, 2.45) is 0 Å². The Morgan fingerprint density at radius 2 is 2.25 bits per heavy atom. The molecule has 0 heterocycles. The van der Waals surface area contributed by atoms with Gasteiger partial charge in [0.1, 0.15) is 0 Å². The predicted molar refractivity (Wildman–Crippen MR) is 64.1 cm³/mol. The number of rotatable bonds is 6. The van der Waals surface area contributed by atoms with Crippen LogP contribution in [-0.2, 0) is 0 Å². The lowest BCUT2D eigenvalue weighted by Gasteiger charge is -2.03. The minimum Gasteiger partial charge on any atom is -0.298 e. The summed E-state index contributed by atoms with van der Waals surface area (Å²) in [5, 5.41) is 10.5. The van der Waals surface area contributed by atoms with Gasteiger partial charge in [-0.2, -0.15) is 0 Å². The Morgan fingerprint density at radius 1 is 1.50 bits per heavy atom. The number of nitrogens with zero attached hydrogens (tertiary/aromatic N) is 1. The smallest absolute Gasteiger partial charge is 0.270 e. The van der Waals surface area contributed by atoms with Gasteiger partial charge in [0.05, 0.1) is 4.92 Å². The SMILES string of the molecule is CCCCSc1ccc([N+](=O)[O-])cc1C=O. The van der Waals surface area contributed by atoms with Crippen LogP contribution in [0.3, 0.4) is 0 Å². The number of carbonyl (C=O) groups excluding carboxylic acids is 1. The van der Waals surface area contributed by atoms with Crippen molar-refractivity contribution in [1.82, 2.24) is 0 Å². The van der Waals surface area contributed by atoms with Crippen molar-refractivity contribution >= 4 is 23.7 Å². The van der Waals surface area contributed by atoms with Crippen LogP contribution < -0.4 is 0 Å². The summed E-state index contributed by atoms with van der Waals surface area (Å²) in [6, 6.07) is 4.39. The van der Waals surface area contributed by atoms with Gasteiger partial charge < -0.3 is 0 Å². The maximum Gasteiger partial charge on any atom is 0.270 e. The lowest BCUT2D eigenvalue weighted by Crippen LogP contribution is -1.92. The van der Waals surface area contributed by atoms with E-state index in [9.17, 15) is 14.9 Å². The van der Waals surface area contributed by atoms with Gasteiger partial charge in [-0.3, -0.25) is 14.9 Å². The van der Waals surface area contributed by atoms with E-state index >= 15 is 0 Å². The molecule has 0 aliphatic carbocycles. The Hall–Kier alpha value is -1.36. The molecule has 0 aromatic heterocycles. The molecule has 4 nitrogen and oxygen atoms in total. The van der Waals surface area contributed by atoms with E-state index in [1.54, 1.807) is 17.8 Å². The summed E-state index contributed by atoms with van der Waals surface area (Å²) < 4.78 is 0. The zero-order valence-corrected chi connectivity index (χ0v) is 9.83. The fraction of sp³-hybridized carbons (Fsp3) is 0.364. The second kappa shape index (κ2) is 6.27. The van der Waals surface area contributed by atoms with Crippen molar-refractivity contribution in [3.05, 3.63) is 33.9 Å². The molecule has 86 valence electrons. The average molecular weight is 239 g/mol. The van der Waals surface area contributed by atoms with Crippen molar-refractivity contribution in [3.8, 4) is 0 Å². The van der Waals surface area contributed by atoms with Crippen LogP contribution in [0.15, 0.2) is 23.1 Å². The maximum absolute atomic E-state index is 10.8. The van der Waals surface area contributed by atoms with Gasteiger partial charge >= 0.3 is 0 Å². The fourth-order valence-corrected chi connectivity index (χ4v) is 2.29. The minimum atomic E-state index is -0.493. The molecule has 5 heteroatoms. The zero-order valence-electron chi connectivity index (χ0n) is 9.01. The van der Waals surface area contributed by atoms with Gasteiger partial charge in [-0.15, -0.1) is 11.8 Å². The number of hydrogen-bond donors (Lipinski definition) is 0. The average Bonchev–Trinajstić information content (AvgIpc) is 2.29. The molecule has 0 fully saturated rings. The molecule has 0 aliphatic heterocycles. The molecule has 0 spiro atoms. The first-order valence-corrected chi connectivity index (χ1v) is 6.04. The van der Waals surface area contributed by atoms with Crippen molar-refractivity contribution < 1.29 is 9.72 Å². The topological polar surface area (TPSA) is 60.2 Å². The van der Waals surface area contributed by atoms with Crippen molar-refractivity contribution in [3.63, 3.8) is 0 Å². The summed E-state index contributed by atoms with van der Waals surface area (Å²) in [5.41, 5.74) is 0.359. The molecule has 1 rings (SSSR count). The van der Waals surface area contributed by atoms with Gasteiger partial charge in [-0.25, -0.2) is 0 Å². The monoisotopic (exact) mass is 239 g/mol. The van der Waals surface area contributed by atoms with E-state index in [4.69, 9.17) is 0 Å². The number of aldehydes is 1. The summed E-state index contributed by atoms with van der Waals surface area (Å²) in [5.74, 6) is 0.926. The van der Waals surface area contributed by atoms with Crippen LogP contribution in [0.5, 0.6) is 0 Å². The molecule has 1 aromatic carbocycles. The molecule has 16 heavy (non-hydrogen) atoms. The van der Waals surface area contributed by atoms with Gasteiger partial charge in [0.2, 0.25) is 0 Å². The molecule has 0 radical (unpaired) electrons. The highest BCUT2D eigenvalue weighted by molar-refractivity contribution is 7.99. The highest BCUT2D eigenvalue weighted by Crippen LogP contribution is 2.26. The van der Waals surface area contributed by atoms with Gasteiger partial charge in [0.15, 0.2) is 6.29 Å². The molecule has 0 amide bonds. The molecule has 0 saturated carbocycles. The number of hydrogen-bond acceptors (Lipinski definition) is 4. The second-order valence-electron chi connectivity index (χ2n) is 3.30. The van der Waals surface area contributed by atoms with Crippen LogP contribution >= 0.6 is 11.8 Å². The highest BCUT2D eigenvalue weighted by atomic mass is 32.2. The summed E-state index contributed by atoms with van der Waals surface area (Å²) in [7, 11) is 0. The Bertz CT molecular complexity index is 393. The molecular weight excluding hydrogens is 226 g/mol. The molecule has 1 aromatic rings. The quantitative estimate of drug-likeness (QED) is 0.251. The van der Waals surface area contributed by atoms with E-state index in [0.29, 0.717) is 11.8 Å². The lowest BCUT2D eigenvalue weighted by molar-refractivity contribution is -0.384. The van der Waals surface area contributed by atoms with Crippen LogP contribution in [-0.4, -0.2) is 17.0 Å². The number of carbonyl (C=O) groups is 1. The number of non-ortho nitro benzene ring substituents is 1. The van der Waals surface area contributed by atoms with Gasteiger partial charge in [-0.1, -0.05) is 13.3 Å². The van der Waals surface area contributed by atoms with Gasteiger partial charge in [-0.05, 0) is 18.2 Å². The Kier molecular flexibility index (Phi) is 4.98. The number of nitro benzene ring substituents is 1. The van der Waals surface area contributed by atoms with Gasteiger partial charge in [0.25, 0.3) is 5.69 Å². The lowest BCUT2D eigenvalue weighted by atomic mass is 10.2. The van der Waals surface area contributed by atoms with Crippen LogP contribution in [0.25, 0.3) is 0 Å². The van der Waals surface area contributed by atoms with Crippen molar-refractivity contribution in [2.45, 2.75) is 24.7 Å². The molecule has 0 bridgehead atoms. The van der Waals surface area contributed by atoms with E-state index in [1.807, 2.05) is 0 Å². The van der Waals surface area contributed by atoms with E-state index in [2.05, 4.69) is 6.92 Å². The third kappa shape index (κ3) is 3.34.